The lowest BCUT2D eigenvalue weighted by Gasteiger charge is -2.32. The molecule has 2 heterocycles. The second-order valence-electron chi connectivity index (χ2n) is 6.41. The van der Waals surface area contributed by atoms with Crippen LogP contribution in [0.2, 0.25) is 0 Å². The molecule has 1 aromatic carbocycles. The van der Waals surface area contributed by atoms with Crippen LogP contribution in [0.3, 0.4) is 0 Å². The topological polar surface area (TPSA) is 86.8 Å². The Balaban J connectivity index is 1.90. The van der Waals surface area contributed by atoms with E-state index < -0.39 is 12.0 Å². The summed E-state index contributed by atoms with van der Waals surface area (Å²) in [5, 5.41) is 23.5. The van der Waals surface area contributed by atoms with E-state index in [-0.39, 0.29) is 5.75 Å². The highest BCUT2D eigenvalue weighted by molar-refractivity contribution is 5.73. The highest BCUT2D eigenvalue weighted by atomic mass is 16.5. The molecular weight excluding hydrogens is 308 g/mol. The van der Waals surface area contributed by atoms with Crippen molar-refractivity contribution in [3.63, 3.8) is 0 Å². The summed E-state index contributed by atoms with van der Waals surface area (Å²) in [6.07, 6.45) is 2.61. The summed E-state index contributed by atoms with van der Waals surface area (Å²) in [5.41, 5.74) is 3.37. The fourth-order valence-electron chi connectivity index (χ4n) is 3.50. The number of piperidine rings is 1. The number of aliphatic carboxylic acids is 1. The Hall–Kier alpha value is -2.34. The lowest BCUT2D eigenvalue weighted by Crippen LogP contribution is -2.43. The number of aryl methyl sites for hydroxylation is 2. The van der Waals surface area contributed by atoms with Crippen molar-refractivity contribution in [1.29, 1.82) is 0 Å². The molecule has 1 saturated heterocycles. The van der Waals surface area contributed by atoms with Gasteiger partial charge in [0.1, 0.15) is 17.6 Å². The zero-order valence-electron chi connectivity index (χ0n) is 14.0. The Morgan fingerprint density at radius 3 is 2.79 bits per heavy atom. The van der Waals surface area contributed by atoms with E-state index in [4.69, 9.17) is 4.52 Å². The van der Waals surface area contributed by atoms with Gasteiger partial charge in [0.2, 0.25) is 0 Å². The van der Waals surface area contributed by atoms with Gasteiger partial charge < -0.3 is 14.7 Å². The Bertz CT molecular complexity index is 734. The molecule has 0 spiro atoms. The largest absolute Gasteiger partial charge is 0.508 e. The second-order valence-corrected chi connectivity index (χ2v) is 6.41. The molecule has 1 fully saturated rings. The molecule has 128 valence electrons. The first-order valence-corrected chi connectivity index (χ1v) is 8.18. The van der Waals surface area contributed by atoms with Crippen molar-refractivity contribution >= 4 is 5.97 Å². The van der Waals surface area contributed by atoms with Crippen LogP contribution in [0, 0.1) is 13.8 Å². The minimum absolute atomic E-state index is 0.159. The SMILES string of the molecule is Cc1noc(C)c1-c1cc(O)cc(CN2CCCCC2C(=O)O)c1. The van der Waals surface area contributed by atoms with E-state index >= 15 is 0 Å². The maximum atomic E-state index is 11.5. The standard InChI is InChI=1S/C18H22N2O4/c1-11-17(12(2)24-19-11)14-7-13(8-15(21)9-14)10-20-6-4-3-5-16(20)18(22)23/h7-9,16,21H,3-6,10H2,1-2H3,(H,22,23). The van der Waals surface area contributed by atoms with Crippen LogP contribution < -0.4 is 0 Å². The molecule has 1 aliphatic heterocycles. The van der Waals surface area contributed by atoms with Crippen LogP contribution in [0.25, 0.3) is 11.1 Å². The van der Waals surface area contributed by atoms with E-state index in [0.717, 1.165) is 41.8 Å². The van der Waals surface area contributed by atoms with E-state index in [1.54, 1.807) is 12.1 Å². The van der Waals surface area contributed by atoms with Crippen molar-refractivity contribution in [2.75, 3.05) is 6.54 Å². The molecule has 1 unspecified atom stereocenters. The molecule has 0 aliphatic carbocycles. The summed E-state index contributed by atoms with van der Waals surface area (Å²) >= 11 is 0. The average Bonchev–Trinajstić information content (AvgIpc) is 2.86. The third kappa shape index (κ3) is 3.28. The molecule has 1 atom stereocenters. The number of phenols is 1. The molecule has 0 amide bonds. The number of hydrogen-bond donors (Lipinski definition) is 2. The summed E-state index contributed by atoms with van der Waals surface area (Å²) in [6, 6.07) is 4.89. The van der Waals surface area contributed by atoms with Crippen LogP contribution in [0.15, 0.2) is 22.7 Å². The van der Waals surface area contributed by atoms with E-state index in [1.807, 2.05) is 24.8 Å². The fourth-order valence-corrected chi connectivity index (χ4v) is 3.50. The van der Waals surface area contributed by atoms with Gasteiger partial charge in [-0.2, -0.15) is 0 Å². The van der Waals surface area contributed by atoms with Crippen molar-refractivity contribution < 1.29 is 19.5 Å². The van der Waals surface area contributed by atoms with Gasteiger partial charge in [0.25, 0.3) is 0 Å². The minimum atomic E-state index is -0.777. The van der Waals surface area contributed by atoms with E-state index in [1.165, 1.54) is 0 Å². The number of carboxylic acid groups (broad SMARTS) is 1. The van der Waals surface area contributed by atoms with Gasteiger partial charge in [-0.1, -0.05) is 11.6 Å². The number of hydrogen-bond acceptors (Lipinski definition) is 5. The summed E-state index contributed by atoms with van der Waals surface area (Å²) in [4.78, 5) is 13.4. The van der Waals surface area contributed by atoms with E-state index in [9.17, 15) is 15.0 Å². The molecule has 6 heteroatoms. The Morgan fingerprint density at radius 2 is 2.12 bits per heavy atom. The van der Waals surface area contributed by atoms with Crippen LogP contribution in [0.5, 0.6) is 5.75 Å². The summed E-state index contributed by atoms with van der Waals surface area (Å²) in [5.74, 6) is 0.0811. The summed E-state index contributed by atoms with van der Waals surface area (Å²) in [7, 11) is 0. The van der Waals surface area contributed by atoms with Crippen LogP contribution in [-0.2, 0) is 11.3 Å². The number of carbonyl (C=O) groups is 1. The highest BCUT2D eigenvalue weighted by Crippen LogP contribution is 2.31. The van der Waals surface area contributed by atoms with E-state index in [0.29, 0.717) is 18.7 Å². The lowest BCUT2D eigenvalue weighted by atomic mass is 9.98. The van der Waals surface area contributed by atoms with Crippen molar-refractivity contribution in [2.45, 2.75) is 45.7 Å². The molecule has 2 N–H and O–H groups in total. The van der Waals surface area contributed by atoms with Crippen molar-refractivity contribution in [2.24, 2.45) is 0 Å². The lowest BCUT2D eigenvalue weighted by molar-refractivity contribution is -0.144. The first-order chi connectivity index (χ1) is 11.5. The Morgan fingerprint density at radius 1 is 1.33 bits per heavy atom. The maximum Gasteiger partial charge on any atom is 0.320 e. The number of aromatic nitrogens is 1. The highest BCUT2D eigenvalue weighted by Gasteiger charge is 2.28. The molecule has 0 radical (unpaired) electrons. The van der Waals surface area contributed by atoms with Gasteiger partial charge in [-0.15, -0.1) is 0 Å². The Labute approximate surface area is 140 Å². The normalized spacial score (nSPS) is 18.7. The van der Waals surface area contributed by atoms with Gasteiger partial charge in [0, 0.05) is 12.1 Å². The smallest absolute Gasteiger partial charge is 0.320 e. The predicted octanol–water partition coefficient (Wildman–Crippen LogP) is 3.10. The van der Waals surface area contributed by atoms with Gasteiger partial charge in [-0.25, -0.2) is 0 Å². The van der Waals surface area contributed by atoms with Crippen LogP contribution >= 0.6 is 0 Å². The van der Waals surface area contributed by atoms with Gasteiger partial charge in [0.05, 0.1) is 5.69 Å². The molecule has 2 aromatic rings. The molecular formula is C18H22N2O4. The van der Waals surface area contributed by atoms with Gasteiger partial charge in [-0.3, -0.25) is 9.69 Å². The van der Waals surface area contributed by atoms with Crippen molar-refractivity contribution in [3.05, 3.63) is 35.2 Å². The summed E-state index contributed by atoms with van der Waals surface area (Å²) < 4.78 is 5.21. The summed E-state index contributed by atoms with van der Waals surface area (Å²) in [6.45, 7) is 4.96. The number of phenolic OH excluding ortho intramolecular Hbond substituents is 1. The third-order valence-electron chi connectivity index (χ3n) is 4.58. The number of carboxylic acids is 1. The molecule has 3 rings (SSSR count). The first-order valence-electron chi connectivity index (χ1n) is 8.18. The minimum Gasteiger partial charge on any atom is -0.508 e. The maximum absolute atomic E-state index is 11.5. The second kappa shape index (κ2) is 6.65. The molecule has 1 aromatic heterocycles. The van der Waals surface area contributed by atoms with Crippen molar-refractivity contribution in [3.8, 4) is 16.9 Å². The number of likely N-dealkylation sites (tertiary alicyclic amines) is 1. The first kappa shape index (κ1) is 16.5. The average molecular weight is 330 g/mol. The zero-order valence-corrected chi connectivity index (χ0v) is 14.0. The Kier molecular flexibility index (Phi) is 4.57. The zero-order chi connectivity index (χ0) is 17.3. The van der Waals surface area contributed by atoms with Gasteiger partial charge in [0.15, 0.2) is 0 Å². The van der Waals surface area contributed by atoms with Crippen molar-refractivity contribution in [1.82, 2.24) is 10.1 Å². The number of benzene rings is 1. The monoisotopic (exact) mass is 330 g/mol. The number of nitrogens with zero attached hydrogens (tertiary/aromatic N) is 2. The molecule has 6 nitrogen and oxygen atoms in total. The predicted molar refractivity (Wildman–Crippen MR) is 88.8 cm³/mol. The molecule has 0 bridgehead atoms. The number of rotatable bonds is 4. The van der Waals surface area contributed by atoms with E-state index in [2.05, 4.69) is 5.16 Å². The third-order valence-corrected chi connectivity index (χ3v) is 4.58. The van der Waals surface area contributed by atoms with Gasteiger partial charge in [-0.05, 0) is 62.6 Å². The molecule has 1 aliphatic rings. The quantitative estimate of drug-likeness (QED) is 0.896. The van der Waals surface area contributed by atoms with Crippen LogP contribution in [0.4, 0.5) is 0 Å². The van der Waals surface area contributed by atoms with Crippen LogP contribution in [-0.4, -0.2) is 38.8 Å². The van der Waals surface area contributed by atoms with Crippen LogP contribution in [0.1, 0.15) is 36.3 Å². The molecule has 24 heavy (non-hydrogen) atoms. The fraction of sp³-hybridized carbons (Fsp3) is 0.444. The number of aromatic hydroxyl groups is 1. The van der Waals surface area contributed by atoms with Gasteiger partial charge >= 0.3 is 5.97 Å². The molecule has 0 saturated carbocycles.